The number of benzene rings is 2. The minimum absolute atomic E-state index is 0.145. The van der Waals surface area contributed by atoms with Gasteiger partial charge in [-0.3, -0.25) is 9.78 Å². The number of pyridine rings is 1. The van der Waals surface area contributed by atoms with Crippen LogP contribution in [-0.2, 0) is 6.54 Å². The van der Waals surface area contributed by atoms with Crippen LogP contribution in [0.25, 0.3) is 6.08 Å². The van der Waals surface area contributed by atoms with Gasteiger partial charge >= 0.3 is 0 Å². The number of hydrogen-bond acceptors (Lipinski definition) is 4. The number of para-hydroxylation sites is 1. The number of fused-ring (bicyclic) bond motifs is 1. The third-order valence-corrected chi connectivity index (χ3v) is 4.70. The van der Waals surface area contributed by atoms with Crippen molar-refractivity contribution < 1.29 is 14.3 Å². The standard InChI is InChI=1S/C24H22N2O3/c1-24(13-12-19-5-2-3-7-22(19)29-24)17-28-21-10-8-18(9-11-21)15-26-23(27)20-6-4-14-25-16-20/h2-14,16H,15,17H2,1H3,(H,26,27). The van der Waals surface area contributed by atoms with Crippen LogP contribution >= 0.6 is 0 Å². The fraction of sp³-hybridized carbons (Fsp3) is 0.167. The van der Waals surface area contributed by atoms with Crippen molar-refractivity contribution in [3.63, 3.8) is 0 Å². The van der Waals surface area contributed by atoms with Crippen molar-refractivity contribution in [3.8, 4) is 11.5 Å². The molecule has 1 N–H and O–H groups in total. The van der Waals surface area contributed by atoms with Crippen LogP contribution in [0.1, 0.15) is 28.4 Å². The summed E-state index contributed by atoms with van der Waals surface area (Å²) in [5, 5.41) is 2.88. The molecule has 1 aliphatic heterocycles. The molecule has 2 heterocycles. The number of amides is 1. The summed E-state index contributed by atoms with van der Waals surface area (Å²) in [6.07, 6.45) is 7.28. The Morgan fingerprint density at radius 1 is 1.10 bits per heavy atom. The Bertz CT molecular complexity index is 1020. The number of carbonyl (C=O) groups excluding carboxylic acids is 1. The smallest absolute Gasteiger partial charge is 0.253 e. The lowest BCUT2D eigenvalue weighted by molar-refractivity contribution is 0.0755. The predicted octanol–water partition coefficient (Wildman–Crippen LogP) is 4.25. The van der Waals surface area contributed by atoms with E-state index in [1.54, 1.807) is 24.5 Å². The number of carbonyl (C=O) groups is 1. The number of hydrogen-bond donors (Lipinski definition) is 1. The van der Waals surface area contributed by atoms with Gasteiger partial charge in [0, 0.05) is 24.5 Å². The molecule has 1 aliphatic rings. The van der Waals surface area contributed by atoms with E-state index in [0.29, 0.717) is 18.7 Å². The maximum Gasteiger partial charge on any atom is 0.253 e. The molecule has 1 atom stereocenters. The van der Waals surface area contributed by atoms with Crippen molar-refractivity contribution in [2.24, 2.45) is 0 Å². The topological polar surface area (TPSA) is 60.5 Å². The van der Waals surface area contributed by atoms with Crippen LogP contribution in [-0.4, -0.2) is 23.1 Å². The monoisotopic (exact) mass is 386 g/mol. The number of nitrogens with zero attached hydrogens (tertiary/aromatic N) is 1. The fourth-order valence-corrected chi connectivity index (χ4v) is 3.05. The maximum absolute atomic E-state index is 12.1. The molecule has 0 saturated heterocycles. The van der Waals surface area contributed by atoms with E-state index in [1.807, 2.05) is 61.5 Å². The van der Waals surface area contributed by atoms with Gasteiger partial charge in [-0.25, -0.2) is 0 Å². The lowest BCUT2D eigenvalue weighted by Gasteiger charge is -2.31. The SMILES string of the molecule is CC1(COc2ccc(CNC(=O)c3cccnc3)cc2)C=Cc2ccccc2O1. The summed E-state index contributed by atoms with van der Waals surface area (Å²) in [5.74, 6) is 1.47. The largest absolute Gasteiger partial charge is 0.489 e. The van der Waals surface area contributed by atoms with Gasteiger partial charge in [0.2, 0.25) is 0 Å². The Morgan fingerprint density at radius 2 is 1.93 bits per heavy atom. The first-order chi connectivity index (χ1) is 14.1. The van der Waals surface area contributed by atoms with Crippen LogP contribution in [0.5, 0.6) is 11.5 Å². The third kappa shape index (κ3) is 4.63. The first-order valence-electron chi connectivity index (χ1n) is 9.49. The van der Waals surface area contributed by atoms with Gasteiger partial charge in [-0.1, -0.05) is 36.4 Å². The van der Waals surface area contributed by atoms with Gasteiger partial charge in [0.1, 0.15) is 18.1 Å². The van der Waals surface area contributed by atoms with Gasteiger partial charge in [-0.05, 0) is 48.9 Å². The summed E-state index contributed by atoms with van der Waals surface area (Å²) >= 11 is 0. The zero-order valence-corrected chi connectivity index (χ0v) is 16.2. The molecular formula is C24H22N2O3. The molecule has 1 aromatic heterocycles. The van der Waals surface area contributed by atoms with Crippen molar-refractivity contribution in [1.29, 1.82) is 0 Å². The van der Waals surface area contributed by atoms with E-state index >= 15 is 0 Å². The van der Waals surface area contributed by atoms with Crippen molar-refractivity contribution in [3.05, 3.63) is 95.8 Å². The average molecular weight is 386 g/mol. The molecule has 146 valence electrons. The molecule has 4 rings (SSSR count). The molecule has 0 spiro atoms. The quantitative estimate of drug-likeness (QED) is 0.688. The highest BCUT2D eigenvalue weighted by Gasteiger charge is 2.28. The van der Waals surface area contributed by atoms with E-state index < -0.39 is 5.60 Å². The highest BCUT2D eigenvalue weighted by atomic mass is 16.5. The molecule has 5 heteroatoms. The summed E-state index contributed by atoms with van der Waals surface area (Å²) in [6.45, 7) is 2.84. The number of ether oxygens (including phenoxy) is 2. The summed E-state index contributed by atoms with van der Waals surface area (Å²) in [7, 11) is 0. The predicted molar refractivity (Wildman–Crippen MR) is 112 cm³/mol. The Morgan fingerprint density at radius 3 is 2.72 bits per heavy atom. The van der Waals surface area contributed by atoms with E-state index in [-0.39, 0.29) is 5.91 Å². The highest BCUT2D eigenvalue weighted by Crippen LogP contribution is 2.31. The van der Waals surface area contributed by atoms with Gasteiger partial charge in [0.05, 0.1) is 5.56 Å². The van der Waals surface area contributed by atoms with Crippen LogP contribution in [0, 0.1) is 0 Å². The summed E-state index contributed by atoms with van der Waals surface area (Å²) in [4.78, 5) is 16.0. The maximum atomic E-state index is 12.1. The number of rotatable bonds is 6. The molecule has 3 aromatic rings. The zero-order chi connectivity index (χ0) is 20.1. The summed E-state index contributed by atoms with van der Waals surface area (Å²) in [5.41, 5.74) is 2.08. The molecule has 0 aliphatic carbocycles. The minimum atomic E-state index is -0.523. The van der Waals surface area contributed by atoms with Crippen LogP contribution in [0.15, 0.2) is 79.1 Å². The molecule has 1 unspecified atom stereocenters. The van der Waals surface area contributed by atoms with Gasteiger partial charge in [-0.15, -0.1) is 0 Å². The number of aromatic nitrogens is 1. The van der Waals surface area contributed by atoms with Gasteiger partial charge < -0.3 is 14.8 Å². The Labute approximate surface area is 170 Å². The van der Waals surface area contributed by atoms with E-state index in [2.05, 4.69) is 16.4 Å². The number of nitrogens with one attached hydrogen (secondary N) is 1. The molecular weight excluding hydrogens is 364 g/mol. The average Bonchev–Trinajstić information content (AvgIpc) is 2.77. The Hall–Kier alpha value is -3.60. The molecule has 29 heavy (non-hydrogen) atoms. The molecule has 0 bridgehead atoms. The molecule has 0 fully saturated rings. The molecule has 2 aromatic carbocycles. The first-order valence-corrected chi connectivity index (χ1v) is 9.49. The fourth-order valence-electron chi connectivity index (χ4n) is 3.05. The zero-order valence-electron chi connectivity index (χ0n) is 16.2. The van der Waals surface area contributed by atoms with E-state index in [1.165, 1.54) is 0 Å². The van der Waals surface area contributed by atoms with Crippen LogP contribution < -0.4 is 14.8 Å². The second kappa shape index (κ2) is 8.19. The lowest BCUT2D eigenvalue weighted by Crippen LogP contribution is -2.38. The summed E-state index contributed by atoms with van der Waals surface area (Å²) < 4.78 is 12.0. The lowest BCUT2D eigenvalue weighted by atomic mass is 10.0. The molecule has 1 amide bonds. The van der Waals surface area contributed by atoms with Crippen molar-refractivity contribution in [1.82, 2.24) is 10.3 Å². The summed E-state index contributed by atoms with van der Waals surface area (Å²) in [6, 6.07) is 19.1. The highest BCUT2D eigenvalue weighted by molar-refractivity contribution is 5.93. The van der Waals surface area contributed by atoms with E-state index in [9.17, 15) is 4.79 Å². The normalized spacial score (nSPS) is 17.1. The molecule has 0 saturated carbocycles. The Balaban J connectivity index is 1.30. The van der Waals surface area contributed by atoms with Crippen LogP contribution in [0.3, 0.4) is 0 Å². The van der Waals surface area contributed by atoms with Gasteiger partial charge in [0.25, 0.3) is 5.91 Å². The Kier molecular flexibility index (Phi) is 5.29. The third-order valence-electron chi connectivity index (χ3n) is 4.70. The molecule has 5 nitrogen and oxygen atoms in total. The van der Waals surface area contributed by atoms with Crippen molar-refractivity contribution in [2.75, 3.05) is 6.61 Å². The van der Waals surface area contributed by atoms with Crippen LogP contribution in [0.4, 0.5) is 0 Å². The molecule has 0 radical (unpaired) electrons. The van der Waals surface area contributed by atoms with Crippen molar-refractivity contribution in [2.45, 2.75) is 19.1 Å². The minimum Gasteiger partial charge on any atom is -0.489 e. The van der Waals surface area contributed by atoms with E-state index in [0.717, 1.165) is 22.6 Å². The van der Waals surface area contributed by atoms with Gasteiger partial charge in [-0.2, -0.15) is 0 Å². The van der Waals surface area contributed by atoms with Gasteiger partial charge in [0.15, 0.2) is 5.60 Å². The van der Waals surface area contributed by atoms with E-state index in [4.69, 9.17) is 9.47 Å². The second-order valence-electron chi connectivity index (χ2n) is 7.14. The van der Waals surface area contributed by atoms with Crippen molar-refractivity contribution >= 4 is 12.0 Å². The second-order valence-corrected chi connectivity index (χ2v) is 7.14. The first kappa shape index (κ1) is 18.7. The van der Waals surface area contributed by atoms with Crippen LogP contribution in [0.2, 0.25) is 0 Å².